The van der Waals surface area contributed by atoms with Crippen molar-refractivity contribution >= 4 is 27.5 Å². The molecule has 126 valence electrons. The minimum absolute atomic E-state index is 0.0758. The van der Waals surface area contributed by atoms with Crippen LogP contribution in [0.3, 0.4) is 0 Å². The molecule has 6 heteroatoms. The fourth-order valence-corrected chi connectivity index (χ4v) is 2.56. The van der Waals surface area contributed by atoms with E-state index < -0.39 is 0 Å². The van der Waals surface area contributed by atoms with Crippen LogP contribution in [0.15, 0.2) is 71.5 Å². The van der Waals surface area contributed by atoms with Gasteiger partial charge < -0.3 is 10.1 Å². The predicted octanol–water partition coefficient (Wildman–Crippen LogP) is 4.60. The van der Waals surface area contributed by atoms with Crippen molar-refractivity contribution in [2.45, 2.75) is 12.8 Å². The van der Waals surface area contributed by atoms with Crippen LogP contribution in [0.5, 0.6) is 11.6 Å². The number of nitrogens with zero attached hydrogens (tertiary/aromatic N) is 2. The smallest absolute Gasteiger partial charge is 0.224 e. The second-order valence-corrected chi connectivity index (χ2v) is 6.23. The zero-order valence-electron chi connectivity index (χ0n) is 13.4. The first kappa shape index (κ1) is 17.1. The van der Waals surface area contributed by atoms with Crippen molar-refractivity contribution in [2.24, 2.45) is 0 Å². The second kappa shape index (κ2) is 8.39. The summed E-state index contributed by atoms with van der Waals surface area (Å²) < 4.78 is 6.59. The van der Waals surface area contributed by atoms with Gasteiger partial charge in [-0.2, -0.15) is 0 Å². The van der Waals surface area contributed by atoms with Gasteiger partial charge in [0.1, 0.15) is 5.75 Å². The van der Waals surface area contributed by atoms with Crippen molar-refractivity contribution < 1.29 is 9.53 Å². The average Bonchev–Trinajstić information content (AvgIpc) is 2.63. The lowest BCUT2D eigenvalue weighted by Gasteiger charge is -2.07. The maximum absolute atomic E-state index is 12.0. The summed E-state index contributed by atoms with van der Waals surface area (Å²) in [6.07, 6.45) is 4.27. The summed E-state index contributed by atoms with van der Waals surface area (Å²) in [5.41, 5.74) is 1.53. The van der Waals surface area contributed by atoms with Crippen LogP contribution in [0.1, 0.15) is 12.1 Å². The summed E-state index contributed by atoms with van der Waals surface area (Å²) in [7, 11) is 0. The first-order valence-electron chi connectivity index (χ1n) is 7.78. The van der Waals surface area contributed by atoms with Crippen molar-refractivity contribution in [3.8, 4) is 11.6 Å². The van der Waals surface area contributed by atoms with Crippen LogP contribution in [0.4, 0.5) is 5.69 Å². The summed E-state index contributed by atoms with van der Waals surface area (Å²) in [5, 5.41) is 2.82. The van der Waals surface area contributed by atoms with Gasteiger partial charge in [0.05, 0.1) is 11.9 Å². The normalized spacial score (nSPS) is 10.3. The molecule has 0 radical (unpaired) electrons. The minimum atomic E-state index is -0.0758. The Balaban J connectivity index is 1.52. The van der Waals surface area contributed by atoms with Crippen LogP contribution in [-0.2, 0) is 11.2 Å². The van der Waals surface area contributed by atoms with Gasteiger partial charge in [0.25, 0.3) is 0 Å². The number of anilines is 1. The maximum Gasteiger partial charge on any atom is 0.224 e. The third-order valence-corrected chi connectivity index (χ3v) is 3.87. The van der Waals surface area contributed by atoms with Crippen molar-refractivity contribution in [2.75, 3.05) is 5.32 Å². The number of amides is 1. The highest BCUT2D eigenvalue weighted by atomic mass is 79.9. The van der Waals surface area contributed by atoms with Crippen molar-refractivity contribution in [3.63, 3.8) is 0 Å². The number of rotatable bonds is 6. The Kier molecular flexibility index (Phi) is 5.74. The Bertz CT molecular complexity index is 839. The molecule has 0 saturated carbocycles. The van der Waals surface area contributed by atoms with E-state index in [1.165, 1.54) is 0 Å². The van der Waals surface area contributed by atoms with E-state index in [0.29, 0.717) is 30.2 Å². The molecule has 0 aliphatic heterocycles. The van der Waals surface area contributed by atoms with Crippen LogP contribution >= 0.6 is 15.9 Å². The van der Waals surface area contributed by atoms with Gasteiger partial charge in [-0.25, -0.2) is 4.98 Å². The molecule has 0 aliphatic rings. The molecule has 0 aliphatic carbocycles. The summed E-state index contributed by atoms with van der Waals surface area (Å²) in [6, 6.07) is 16.7. The molecule has 0 unspecified atom stereocenters. The number of carbonyl (C=O) groups is 1. The van der Waals surface area contributed by atoms with E-state index in [-0.39, 0.29) is 5.91 Å². The van der Waals surface area contributed by atoms with E-state index >= 15 is 0 Å². The third kappa shape index (κ3) is 5.39. The van der Waals surface area contributed by atoms with Crippen LogP contribution in [0, 0.1) is 0 Å². The van der Waals surface area contributed by atoms with Gasteiger partial charge in [0, 0.05) is 28.9 Å². The van der Waals surface area contributed by atoms with Gasteiger partial charge in [0.15, 0.2) is 0 Å². The highest BCUT2D eigenvalue weighted by Crippen LogP contribution is 2.23. The number of aromatic nitrogens is 2. The van der Waals surface area contributed by atoms with Gasteiger partial charge in [-0.1, -0.05) is 28.1 Å². The van der Waals surface area contributed by atoms with E-state index in [2.05, 4.69) is 31.2 Å². The van der Waals surface area contributed by atoms with Gasteiger partial charge in [0.2, 0.25) is 11.8 Å². The zero-order chi connectivity index (χ0) is 17.5. The molecule has 2 heterocycles. The molecule has 3 rings (SSSR count). The number of halogens is 1. The number of nitrogens with one attached hydrogen (secondary N) is 1. The SMILES string of the molecule is O=C(CCc1ccccn1)Nc1ccc(Oc2cccc(Br)c2)nc1. The van der Waals surface area contributed by atoms with E-state index in [0.717, 1.165) is 10.2 Å². The van der Waals surface area contributed by atoms with E-state index in [4.69, 9.17) is 4.74 Å². The van der Waals surface area contributed by atoms with Gasteiger partial charge in [-0.3, -0.25) is 9.78 Å². The molecule has 1 N–H and O–H groups in total. The maximum atomic E-state index is 12.0. The first-order chi connectivity index (χ1) is 12.2. The lowest BCUT2D eigenvalue weighted by Crippen LogP contribution is -2.12. The van der Waals surface area contributed by atoms with Crippen LogP contribution in [0.25, 0.3) is 0 Å². The Morgan fingerprint density at radius 3 is 2.72 bits per heavy atom. The molecule has 0 atom stereocenters. The van der Waals surface area contributed by atoms with Gasteiger partial charge in [-0.15, -0.1) is 0 Å². The van der Waals surface area contributed by atoms with Gasteiger partial charge in [-0.05, 0) is 42.8 Å². The summed E-state index contributed by atoms with van der Waals surface area (Å²) in [4.78, 5) is 20.4. The number of pyridine rings is 2. The lowest BCUT2D eigenvalue weighted by atomic mass is 10.2. The second-order valence-electron chi connectivity index (χ2n) is 5.31. The van der Waals surface area contributed by atoms with Crippen molar-refractivity contribution in [1.29, 1.82) is 0 Å². The molecule has 0 bridgehead atoms. The Morgan fingerprint density at radius 1 is 1.08 bits per heavy atom. The van der Waals surface area contributed by atoms with Crippen LogP contribution in [0.2, 0.25) is 0 Å². The van der Waals surface area contributed by atoms with Crippen molar-refractivity contribution in [3.05, 3.63) is 77.2 Å². The fraction of sp³-hybridized carbons (Fsp3) is 0.105. The predicted molar refractivity (Wildman–Crippen MR) is 99.6 cm³/mol. The summed E-state index contributed by atoms with van der Waals surface area (Å²) in [6.45, 7) is 0. The van der Waals surface area contributed by atoms with Gasteiger partial charge >= 0.3 is 0 Å². The Hall–Kier alpha value is -2.73. The molecular weight excluding hydrogens is 382 g/mol. The van der Waals surface area contributed by atoms with E-state index in [1.807, 2.05) is 42.5 Å². The molecule has 25 heavy (non-hydrogen) atoms. The fourth-order valence-electron chi connectivity index (χ4n) is 2.18. The summed E-state index contributed by atoms with van der Waals surface area (Å²) >= 11 is 3.39. The molecule has 3 aromatic rings. The van der Waals surface area contributed by atoms with E-state index in [9.17, 15) is 4.79 Å². The molecule has 0 fully saturated rings. The first-order valence-corrected chi connectivity index (χ1v) is 8.57. The molecule has 0 saturated heterocycles. The molecule has 2 aromatic heterocycles. The molecule has 5 nitrogen and oxygen atoms in total. The van der Waals surface area contributed by atoms with Crippen molar-refractivity contribution in [1.82, 2.24) is 9.97 Å². The molecule has 1 aromatic carbocycles. The minimum Gasteiger partial charge on any atom is -0.439 e. The number of ether oxygens (including phenoxy) is 1. The standard InChI is InChI=1S/C19H16BrN3O2/c20-14-4-3-6-17(12-14)25-19-10-8-16(13-22-19)23-18(24)9-7-15-5-1-2-11-21-15/h1-6,8,10-13H,7,9H2,(H,23,24). The number of hydrogen-bond acceptors (Lipinski definition) is 4. The molecular formula is C19H16BrN3O2. The topological polar surface area (TPSA) is 64.1 Å². The number of aryl methyl sites for hydroxylation is 1. The third-order valence-electron chi connectivity index (χ3n) is 3.37. The molecule has 0 spiro atoms. The van der Waals surface area contributed by atoms with Crippen LogP contribution < -0.4 is 10.1 Å². The Labute approximate surface area is 154 Å². The lowest BCUT2D eigenvalue weighted by molar-refractivity contribution is -0.116. The quantitative estimate of drug-likeness (QED) is 0.659. The highest BCUT2D eigenvalue weighted by Gasteiger charge is 2.05. The largest absolute Gasteiger partial charge is 0.439 e. The van der Waals surface area contributed by atoms with Crippen LogP contribution in [-0.4, -0.2) is 15.9 Å². The number of carbonyl (C=O) groups excluding carboxylic acids is 1. The number of benzene rings is 1. The highest BCUT2D eigenvalue weighted by molar-refractivity contribution is 9.10. The molecule has 1 amide bonds. The monoisotopic (exact) mass is 397 g/mol. The summed E-state index contributed by atoms with van der Waals surface area (Å²) in [5.74, 6) is 1.08. The zero-order valence-corrected chi connectivity index (χ0v) is 14.9. The van der Waals surface area contributed by atoms with E-state index in [1.54, 1.807) is 24.5 Å². The Morgan fingerprint density at radius 2 is 2.00 bits per heavy atom. The average molecular weight is 398 g/mol. The number of hydrogen-bond donors (Lipinski definition) is 1.